The third kappa shape index (κ3) is 3.65. The normalized spacial score (nSPS) is 10.5. The van der Waals surface area contributed by atoms with E-state index < -0.39 is 5.91 Å². The fraction of sp³-hybridized carbons (Fsp3) is 0.231. The molecule has 2 N–H and O–H groups in total. The van der Waals surface area contributed by atoms with Crippen LogP contribution in [-0.2, 0) is 6.54 Å². The van der Waals surface area contributed by atoms with Crippen LogP contribution in [0.1, 0.15) is 16.8 Å². The average molecular weight is 314 g/mol. The van der Waals surface area contributed by atoms with Gasteiger partial charge in [-0.3, -0.25) is 4.79 Å². The van der Waals surface area contributed by atoms with E-state index in [0.29, 0.717) is 11.6 Å². The van der Waals surface area contributed by atoms with Gasteiger partial charge in [0.15, 0.2) is 0 Å². The minimum absolute atomic E-state index is 0.0565. The Labute approximate surface area is 126 Å². The zero-order valence-electron chi connectivity index (χ0n) is 10.5. The number of benzene rings is 1. The van der Waals surface area contributed by atoms with Crippen molar-refractivity contribution in [2.24, 2.45) is 0 Å². The number of phenols is 1. The van der Waals surface area contributed by atoms with Gasteiger partial charge in [-0.05, 0) is 18.6 Å². The number of rotatable bonds is 5. The van der Waals surface area contributed by atoms with E-state index in [1.807, 2.05) is 10.8 Å². The van der Waals surface area contributed by atoms with Crippen LogP contribution in [-0.4, -0.2) is 27.1 Å². The van der Waals surface area contributed by atoms with Crippen LogP contribution in [0.4, 0.5) is 0 Å². The first-order chi connectivity index (χ1) is 9.58. The van der Waals surface area contributed by atoms with E-state index in [4.69, 9.17) is 23.2 Å². The molecule has 1 heterocycles. The number of aromatic nitrogens is 2. The average Bonchev–Trinajstić information content (AvgIpc) is 2.91. The van der Waals surface area contributed by atoms with Gasteiger partial charge in [0.1, 0.15) is 5.75 Å². The number of amides is 1. The van der Waals surface area contributed by atoms with Crippen LogP contribution in [0.15, 0.2) is 30.9 Å². The Hall–Kier alpha value is -1.72. The lowest BCUT2D eigenvalue weighted by Crippen LogP contribution is -2.25. The molecule has 0 fully saturated rings. The van der Waals surface area contributed by atoms with Crippen molar-refractivity contribution in [1.82, 2.24) is 14.9 Å². The summed E-state index contributed by atoms with van der Waals surface area (Å²) in [6.07, 6.45) is 6.01. The molecule has 7 heteroatoms. The molecule has 0 atom stereocenters. The van der Waals surface area contributed by atoms with Gasteiger partial charge in [0.05, 0.1) is 16.9 Å². The van der Waals surface area contributed by atoms with E-state index in [1.165, 1.54) is 12.1 Å². The standard InChI is InChI=1S/C13H13Cl2N3O2/c14-9-6-10(12(19)11(15)7-9)13(20)17-2-1-4-18-5-3-16-8-18/h3,5-8,19H,1-2,4H2,(H,17,20). The number of aryl methyl sites for hydroxylation is 1. The molecule has 0 aliphatic carbocycles. The van der Waals surface area contributed by atoms with E-state index in [2.05, 4.69) is 10.3 Å². The Kier molecular flexibility index (Phi) is 4.87. The maximum absolute atomic E-state index is 11.9. The highest BCUT2D eigenvalue weighted by Gasteiger charge is 2.14. The Morgan fingerprint density at radius 2 is 2.20 bits per heavy atom. The second-order valence-corrected chi connectivity index (χ2v) is 5.04. The van der Waals surface area contributed by atoms with Gasteiger partial charge in [-0.2, -0.15) is 0 Å². The van der Waals surface area contributed by atoms with Gasteiger partial charge in [-0.15, -0.1) is 0 Å². The molecule has 0 spiro atoms. The van der Waals surface area contributed by atoms with Gasteiger partial charge >= 0.3 is 0 Å². The van der Waals surface area contributed by atoms with Gasteiger partial charge in [-0.1, -0.05) is 23.2 Å². The molecule has 0 aliphatic rings. The highest BCUT2D eigenvalue weighted by molar-refractivity contribution is 6.36. The van der Waals surface area contributed by atoms with Gasteiger partial charge in [-0.25, -0.2) is 4.98 Å². The number of carbonyl (C=O) groups is 1. The van der Waals surface area contributed by atoms with Gasteiger partial charge in [0.2, 0.25) is 0 Å². The first-order valence-corrected chi connectivity index (χ1v) is 6.75. The largest absolute Gasteiger partial charge is 0.506 e. The van der Waals surface area contributed by atoms with E-state index in [1.54, 1.807) is 12.5 Å². The van der Waals surface area contributed by atoms with Crippen LogP contribution in [0, 0.1) is 0 Å². The van der Waals surface area contributed by atoms with Crippen molar-refractivity contribution >= 4 is 29.1 Å². The quantitative estimate of drug-likeness (QED) is 0.834. The highest BCUT2D eigenvalue weighted by atomic mass is 35.5. The summed E-state index contributed by atoms with van der Waals surface area (Å²) in [7, 11) is 0. The molecular formula is C13H13Cl2N3O2. The molecule has 0 bridgehead atoms. The van der Waals surface area contributed by atoms with Gasteiger partial charge < -0.3 is 15.0 Å². The Morgan fingerprint density at radius 3 is 2.90 bits per heavy atom. The molecule has 0 saturated heterocycles. The molecule has 2 rings (SSSR count). The number of nitrogens with one attached hydrogen (secondary N) is 1. The van der Waals surface area contributed by atoms with Crippen molar-refractivity contribution in [1.29, 1.82) is 0 Å². The maximum Gasteiger partial charge on any atom is 0.255 e. The van der Waals surface area contributed by atoms with E-state index >= 15 is 0 Å². The van der Waals surface area contributed by atoms with Gasteiger partial charge in [0, 0.05) is 30.5 Å². The van der Waals surface area contributed by atoms with Crippen molar-refractivity contribution in [2.45, 2.75) is 13.0 Å². The Balaban J connectivity index is 1.89. The summed E-state index contributed by atoms with van der Waals surface area (Å²) >= 11 is 11.6. The molecule has 0 aliphatic heterocycles. The number of imidazole rings is 1. The number of carbonyl (C=O) groups excluding carboxylic acids is 1. The number of halogens is 2. The van der Waals surface area contributed by atoms with Crippen molar-refractivity contribution in [3.63, 3.8) is 0 Å². The number of hydrogen-bond acceptors (Lipinski definition) is 3. The summed E-state index contributed by atoms with van der Waals surface area (Å²) < 4.78 is 1.92. The minimum atomic E-state index is -0.405. The van der Waals surface area contributed by atoms with Gasteiger partial charge in [0.25, 0.3) is 5.91 Å². The van der Waals surface area contributed by atoms with E-state index in [9.17, 15) is 9.90 Å². The highest BCUT2D eigenvalue weighted by Crippen LogP contribution is 2.30. The fourth-order valence-electron chi connectivity index (χ4n) is 1.72. The molecule has 0 unspecified atom stereocenters. The molecule has 106 valence electrons. The summed E-state index contributed by atoms with van der Waals surface area (Å²) in [5, 5.41) is 12.8. The fourth-order valence-corrected chi connectivity index (χ4v) is 2.21. The molecular weight excluding hydrogens is 301 g/mol. The molecule has 2 aromatic rings. The van der Waals surface area contributed by atoms with Crippen LogP contribution < -0.4 is 5.32 Å². The summed E-state index contributed by atoms with van der Waals surface area (Å²) in [6.45, 7) is 1.23. The third-order valence-electron chi connectivity index (χ3n) is 2.71. The zero-order valence-corrected chi connectivity index (χ0v) is 12.0. The van der Waals surface area contributed by atoms with Crippen molar-refractivity contribution in [3.05, 3.63) is 46.5 Å². The molecule has 1 aromatic carbocycles. The lowest BCUT2D eigenvalue weighted by molar-refractivity contribution is 0.0950. The van der Waals surface area contributed by atoms with Crippen LogP contribution in [0.2, 0.25) is 10.0 Å². The third-order valence-corrected chi connectivity index (χ3v) is 3.22. The number of hydrogen-bond donors (Lipinski definition) is 2. The van der Waals surface area contributed by atoms with Crippen molar-refractivity contribution < 1.29 is 9.90 Å². The zero-order chi connectivity index (χ0) is 14.5. The molecule has 0 radical (unpaired) electrons. The van der Waals surface area contributed by atoms with Crippen molar-refractivity contribution in [3.8, 4) is 5.75 Å². The molecule has 0 saturated carbocycles. The topological polar surface area (TPSA) is 67.2 Å². The minimum Gasteiger partial charge on any atom is -0.506 e. The lowest BCUT2D eigenvalue weighted by Gasteiger charge is -2.08. The molecule has 5 nitrogen and oxygen atoms in total. The second-order valence-electron chi connectivity index (χ2n) is 4.19. The molecule has 1 aromatic heterocycles. The second kappa shape index (κ2) is 6.63. The number of phenolic OH excluding ortho intramolecular Hbond substituents is 1. The van der Waals surface area contributed by atoms with Crippen molar-refractivity contribution in [2.75, 3.05) is 6.54 Å². The Bertz CT molecular complexity index is 600. The smallest absolute Gasteiger partial charge is 0.255 e. The monoisotopic (exact) mass is 313 g/mol. The predicted molar refractivity (Wildman–Crippen MR) is 77.3 cm³/mol. The van der Waals surface area contributed by atoms with Crippen LogP contribution in [0.25, 0.3) is 0 Å². The first-order valence-electron chi connectivity index (χ1n) is 6.00. The first kappa shape index (κ1) is 14.7. The SMILES string of the molecule is O=C(NCCCn1ccnc1)c1cc(Cl)cc(Cl)c1O. The summed E-state index contributed by atoms with van der Waals surface area (Å²) in [5.41, 5.74) is 0.0742. The molecule has 1 amide bonds. The van der Waals surface area contributed by atoms with Crippen LogP contribution >= 0.6 is 23.2 Å². The predicted octanol–water partition coefficient (Wildman–Crippen LogP) is 2.72. The number of nitrogens with zero attached hydrogens (tertiary/aromatic N) is 2. The summed E-state index contributed by atoms with van der Waals surface area (Å²) in [5.74, 6) is -0.666. The summed E-state index contributed by atoms with van der Waals surface area (Å²) in [4.78, 5) is 15.9. The van der Waals surface area contributed by atoms with E-state index in [-0.39, 0.29) is 16.3 Å². The van der Waals surface area contributed by atoms with E-state index in [0.717, 1.165) is 13.0 Å². The van der Waals surface area contributed by atoms with Crippen LogP contribution in [0.5, 0.6) is 5.75 Å². The number of aromatic hydroxyl groups is 1. The maximum atomic E-state index is 11.9. The summed E-state index contributed by atoms with van der Waals surface area (Å²) in [6, 6.07) is 2.77. The van der Waals surface area contributed by atoms with Crippen LogP contribution in [0.3, 0.4) is 0 Å². The Morgan fingerprint density at radius 1 is 1.40 bits per heavy atom. The molecule has 20 heavy (non-hydrogen) atoms. The lowest BCUT2D eigenvalue weighted by atomic mass is 10.2.